The molecule has 1 rings (SSSR count). The topological polar surface area (TPSA) is 147 Å². The van der Waals surface area contributed by atoms with Crippen LogP contribution in [0.1, 0.15) is 6.92 Å². The molecule has 0 aromatic carbocycles. The Hall–Kier alpha value is -1.17. The van der Waals surface area contributed by atoms with Gasteiger partial charge in [0, 0.05) is 6.92 Å². The number of aliphatic hydroxyl groups is 3. The largest absolute Gasteiger partial charge is 0.394 e. The number of nitrogens with zero attached hydrogens (tertiary/aromatic N) is 1. The van der Waals surface area contributed by atoms with Crippen LogP contribution >= 0.6 is 0 Å². The molecule has 128 valence electrons. The van der Waals surface area contributed by atoms with E-state index in [0.29, 0.717) is 0 Å². The minimum Gasteiger partial charge on any atom is -0.394 e. The van der Waals surface area contributed by atoms with Gasteiger partial charge in [0.2, 0.25) is 5.91 Å². The molecule has 0 aromatic heterocycles. The van der Waals surface area contributed by atoms with Crippen LogP contribution in [-0.2, 0) is 19.0 Å². The van der Waals surface area contributed by atoms with Crippen molar-refractivity contribution < 1.29 is 34.3 Å². The molecule has 4 N–H and O–H groups in total. The van der Waals surface area contributed by atoms with Crippen molar-refractivity contribution in [2.45, 2.75) is 37.6 Å². The van der Waals surface area contributed by atoms with E-state index < -0.39 is 43.2 Å². The molecule has 10 nitrogen and oxygen atoms in total. The van der Waals surface area contributed by atoms with Crippen molar-refractivity contribution in [3.05, 3.63) is 4.91 Å². The number of ether oxygens (including phenoxy) is 3. The van der Waals surface area contributed by atoms with Crippen LogP contribution in [0.5, 0.6) is 0 Å². The zero-order chi connectivity index (χ0) is 16.5. The summed E-state index contributed by atoms with van der Waals surface area (Å²) in [7, 11) is 0. The Balaban J connectivity index is 2.53. The van der Waals surface area contributed by atoms with Gasteiger partial charge in [0.15, 0.2) is 6.29 Å². The highest BCUT2D eigenvalue weighted by molar-refractivity contribution is 5.73. The zero-order valence-corrected chi connectivity index (χ0v) is 12.3. The number of nitroso groups, excluding NO2 is 1. The Morgan fingerprint density at radius 2 is 2.00 bits per heavy atom. The Bertz CT molecular complexity index is 356. The molecule has 0 unspecified atom stereocenters. The summed E-state index contributed by atoms with van der Waals surface area (Å²) >= 11 is 0. The number of aliphatic hydroxyl groups excluding tert-OH is 3. The highest BCUT2D eigenvalue weighted by Crippen LogP contribution is 2.22. The molecule has 5 atom stereocenters. The normalized spacial score (nSPS) is 31.7. The lowest BCUT2D eigenvalue weighted by atomic mass is 9.97. The highest BCUT2D eigenvalue weighted by Gasteiger charge is 2.45. The minimum atomic E-state index is -1.35. The van der Waals surface area contributed by atoms with Gasteiger partial charge in [-0.1, -0.05) is 5.18 Å². The Labute approximate surface area is 127 Å². The van der Waals surface area contributed by atoms with Crippen molar-refractivity contribution in [2.75, 3.05) is 33.0 Å². The third-order valence-corrected chi connectivity index (χ3v) is 3.09. The van der Waals surface area contributed by atoms with E-state index in [-0.39, 0.29) is 26.4 Å². The van der Waals surface area contributed by atoms with E-state index in [4.69, 9.17) is 19.3 Å². The molecule has 10 heteroatoms. The van der Waals surface area contributed by atoms with Gasteiger partial charge < -0.3 is 34.8 Å². The Morgan fingerprint density at radius 1 is 1.27 bits per heavy atom. The molecular formula is C12H22N2O8. The molecule has 1 aliphatic heterocycles. The fraction of sp³-hybridized carbons (Fsp3) is 0.917. The summed E-state index contributed by atoms with van der Waals surface area (Å²) < 4.78 is 15.8. The number of carbonyl (C=O) groups is 1. The molecule has 0 spiro atoms. The third kappa shape index (κ3) is 5.55. The average molecular weight is 322 g/mol. The van der Waals surface area contributed by atoms with Crippen molar-refractivity contribution in [1.82, 2.24) is 5.32 Å². The predicted octanol–water partition coefficient (Wildman–Crippen LogP) is -2.27. The number of rotatable bonds is 9. The second-order valence-electron chi connectivity index (χ2n) is 4.77. The number of amides is 1. The van der Waals surface area contributed by atoms with Crippen LogP contribution in [0.3, 0.4) is 0 Å². The van der Waals surface area contributed by atoms with Gasteiger partial charge in [-0.05, 0) is 0 Å². The van der Waals surface area contributed by atoms with E-state index >= 15 is 0 Å². The first-order valence-corrected chi connectivity index (χ1v) is 6.89. The summed E-state index contributed by atoms with van der Waals surface area (Å²) in [6.07, 6.45) is -4.77. The molecule has 1 amide bonds. The molecule has 1 saturated heterocycles. The van der Waals surface area contributed by atoms with Crippen LogP contribution in [0.25, 0.3) is 0 Å². The van der Waals surface area contributed by atoms with Gasteiger partial charge in [-0.15, -0.1) is 0 Å². The molecule has 0 radical (unpaired) electrons. The first-order chi connectivity index (χ1) is 10.5. The lowest BCUT2D eigenvalue weighted by molar-refractivity contribution is -0.272. The Kier molecular flexibility index (Phi) is 8.38. The van der Waals surface area contributed by atoms with E-state index in [2.05, 4.69) is 10.5 Å². The number of hydrogen-bond acceptors (Lipinski definition) is 9. The third-order valence-electron chi connectivity index (χ3n) is 3.09. The summed E-state index contributed by atoms with van der Waals surface area (Å²) in [5.74, 6) is -0.427. The fourth-order valence-electron chi connectivity index (χ4n) is 2.04. The van der Waals surface area contributed by atoms with Crippen molar-refractivity contribution in [1.29, 1.82) is 0 Å². The van der Waals surface area contributed by atoms with E-state index in [1.807, 2.05) is 0 Å². The molecule has 22 heavy (non-hydrogen) atoms. The van der Waals surface area contributed by atoms with Gasteiger partial charge in [0.1, 0.15) is 30.9 Å². The lowest BCUT2D eigenvalue weighted by Crippen LogP contribution is -2.64. The molecule has 0 bridgehead atoms. The van der Waals surface area contributed by atoms with E-state index in [0.717, 1.165) is 0 Å². The average Bonchev–Trinajstić information content (AvgIpc) is 2.49. The maximum Gasteiger partial charge on any atom is 0.217 e. The number of nitrogens with one attached hydrogen (secondary N) is 1. The molecule has 0 aliphatic carbocycles. The van der Waals surface area contributed by atoms with Crippen LogP contribution in [0, 0.1) is 4.91 Å². The van der Waals surface area contributed by atoms with E-state index in [1.165, 1.54) is 6.92 Å². The summed E-state index contributed by atoms with van der Waals surface area (Å²) in [6.45, 7) is 1.17. The predicted molar refractivity (Wildman–Crippen MR) is 72.8 cm³/mol. The number of carbonyl (C=O) groups excluding carboxylic acids is 1. The van der Waals surface area contributed by atoms with E-state index in [9.17, 15) is 19.9 Å². The molecule has 1 fully saturated rings. The number of hydrogen-bond donors (Lipinski definition) is 4. The SMILES string of the molecule is CC(=O)N[C@H]1[C@H](OCCOCCN=O)O[C@H](CO)[C@H](O)[C@@H]1O. The summed E-state index contributed by atoms with van der Waals surface area (Å²) in [5.41, 5.74) is 0. The minimum absolute atomic E-state index is 0.0337. The van der Waals surface area contributed by atoms with Crippen molar-refractivity contribution in [2.24, 2.45) is 5.18 Å². The molecule has 1 heterocycles. The zero-order valence-electron chi connectivity index (χ0n) is 12.3. The molecule has 0 aromatic rings. The molecule has 1 aliphatic rings. The van der Waals surface area contributed by atoms with Crippen LogP contribution < -0.4 is 5.32 Å². The maximum absolute atomic E-state index is 11.2. The van der Waals surface area contributed by atoms with Gasteiger partial charge in [-0.2, -0.15) is 4.91 Å². The Morgan fingerprint density at radius 3 is 2.59 bits per heavy atom. The van der Waals surface area contributed by atoms with Crippen LogP contribution in [0.15, 0.2) is 5.18 Å². The standard InChI is InChI=1S/C12H22N2O8/c1-7(16)14-9-11(18)10(17)8(6-15)22-12(9)21-5-4-20-3-2-13-19/h8-12,15,17-18H,2-6H2,1H3,(H,14,16)/t8-,9-,10+,11-,12-/m1/s1. The first kappa shape index (κ1) is 18.9. The van der Waals surface area contributed by atoms with Crippen LogP contribution in [-0.4, -0.2) is 84.8 Å². The molecule has 0 saturated carbocycles. The van der Waals surface area contributed by atoms with E-state index in [1.54, 1.807) is 0 Å². The quantitative estimate of drug-likeness (QED) is 0.274. The second-order valence-corrected chi connectivity index (χ2v) is 4.77. The van der Waals surface area contributed by atoms with Gasteiger partial charge in [-0.3, -0.25) is 4.79 Å². The van der Waals surface area contributed by atoms with Crippen LogP contribution in [0.2, 0.25) is 0 Å². The van der Waals surface area contributed by atoms with Crippen molar-refractivity contribution in [3.63, 3.8) is 0 Å². The van der Waals surface area contributed by atoms with Gasteiger partial charge >= 0.3 is 0 Å². The van der Waals surface area contributed by atoms with Crippen LogP contribution in [0.4, 0.5) is 0 Å². The monoisotopic (exact) mass is 322 g/mol. The maximum atomic E-state index is 11.2. The van der Waals surface area contributed by atoms with Gasteiger partial charge in [0.25, 0.3) is 0 Å². The first-order valence-electron chi connectivity index (χ1n) is 6.89. The summed E-state index contributed by atoms with van der Waals surface area (Å²) in [4.78, 5) is 21.0. The van der Waals surface area contributed by atoms with Gasteiger partial charge in [0.05, 0.1) is 26.4 Å². The van der Waals surface area contributed by atoms with Crippen molar-refractivity contribution >= 4 is 5.91 Å². The fourth-order valence-corrected chi connectivity index (χ4v) is 2.04. The smallest absolute Gasteiger partial charge is 0.217 e. The second kappa shape index (κ2) is 9.77. The van der Waals surface area contributed by atoms with Gasteiger partial charge in [-0.25, -0.2) is 0 Å². The summed E-state index contributed by atoms with van der Waals surface area (Å²) in [5, 5.41) is 34.0. The lowest BCUT2D eigenvalue weighted by Gasteiger charge is -2.42. The molecular weight excluding hydrogens is 300 g/mol. The highest BCUT2D eigenvalue weighted by atomic mass is 16.7. The van der Waals surface area contributed by atoms with Crippen molar-refractivity contribution in [3.8, 4) is 0 Å². The summed E-state index contributed by atoms with van der Waals surface area (Å²) in [6, 6.07) is -0.980.